The summed E-state index contributed by atoms with van der Waals surface area (Å²) in [5.41, 5.74) is 0.287. The number of hydrogen-bond donors (Lipinski definition) is 0. The van der Waals surface area contributed by atoms with Crippen molar-refractivity contribution in [3.05, 3.63) is 0 Å². The van der Waals surface area contributed by atoms with Gasteiger partial charge in [-0.3, -0.25) is 9.80 Å². The zero-order valence-corrected chi connectivity index (χ0v) is 16.2. The molecule has 1 saturated heterocycles. The fourth-order valence-electron chi connectivity index (χ4n) is 4.10. The monoisotopic (exact) mass is 311 g/mol. The molecule has 1 rings (SSSR count). The van der Waals surface area contributed by atoms with Gasteiger partial charge in [0.15, 0.2) is 0 Å². The molecule has 3 nitrogen and oxygen atoms in total. The molecule has 0 aromatic rings. The molecule has 3 heteroatoms. The van der Waals surface area contributed by atoms with E-state index in [1.807, 2.05) is 0 Å². The van der Waals surface area contributed by atoms with Crippen LogP contribution < -0.4 is 0 Å². The average molecular weight is 312 g/mol. The van der Waals surface area contributed by atoms with Crippen LogP contribution in [0.4, 0.5) is 0 Å². The zero-order valence-electron chi connectivity index (χ0n) is 16.2. The van der Waals surface area contributed by atoms with Crippen LogP contribution in [0.1, 0.15) is 67.2 Å². The van der Waals surface area contributed by atoms with Gasteiger partial charge in [-0.2, -0.15) is 0 Å². The van der Waals surface area contributed by atoms with Crippen LogP contribution in [0.2, 0.25) is 0 Å². The molecule has 0 bridgehead atoms. The second-order valence-electron chi connectivity index (χ2n) is 7.35. The summed E-state index contributed by atoms with van der Waals surface area (Å²) in [5.74, 6) is 0. The van der Waals surface area contributed by atoms with Gasteiger partial charge >= 0.3 is 0 Å². The van der Waals surface area contributed by atoms with Gasteiger partial charge in [0, 0.05) is 37.8 Å². The van der Waals surface area contributed by atoms with E-state index < -0.39 is 0 Å². The van der Waals surface area contributed by atoms with Gasteiger partial charge in [-0.05, 0) is 39.9 Å². The first kappa shape index (κ1) is 19.9. The van der Waals surface area contributed by atoms with Gasteiger partial charge in [-0.1, -0.05) is 47.0 Å². The lowest BCUT2D eigenvalue weighted by Gasteiger charge is -2.44. The molecule has 0 amide bonds. The Balaban J connectivity index is 2.78. The van der Waals surface area contributed by atoms with Crippen molar-refractivity contribution in [2.75, 3.05) is 45.8 Å². The van der Waals surface area contributed by atoms with Gasteiger partial charge in [0.2, 0.25) is 0 Å². The van der Waals surface area contributed by atoms with Crippen molar-refractivity contribution in [1.29, 1.82) is 0 Å². The standard InChI is InChI=1S/C19H41N3/c1-7-11-12-13-18(5)21-15-14-20(8-2)16-19(6,17-21)22(9-3)10-4/h18H,7-17H2,1-6H3. The lowest BCUT2D eigenvalue weighted by Crippen LogP contribution is -2.58. The van der Waals surface area contributed by atoms with E-state index in [4.69, 9.17) is 0 Å². The third-order valence-corrected chi connectivity index (χ3v) is 5.63. The Morgan fingerprint density at radius 1 is 1.00 bits per heavy atom. The molecule has 0 N–H and O–H groups in total. The summed E-state index contributed by atoms with van der Waals surface area (Å²) in [6, 6.07) is 0.721. The van der Waals surface area contributed by atoms with Crippen LogP contribution in [0, 0.1) is 0 Å². The van der Waals surface area contributed by atoms with Gasteiger partial charge in [-0.15, -0.1) is 0 Å². The topological polar surface area (TPSA) is 9.72 Å². The number of likely N-dealkylation sites (N-methyl/N-ethyl adjacent to an activating group) is 2. The molecule has 0 saturated carbocycles. The van der Waals surface area contributed by atoms with E-state index >= 15 is 0 Å². The third-order valence-electron chi connectivity index (χ3n) is 5.63. The van der Waals surface area contributed by atoms with Crippen molar-refractivity contribution in [1.82, 2.24) is 14.7 Å². The Bertz CT molecular complexity index is 290. The number of unbranched alkanes of at least 4 members (excludes halogenated alkanes) is 2. The second-order valence-corrected chi connectivity index (χ2v) is 7.35. The maximum Gasteiger partial charge on any atom is 0.0434 e. The van der Waals surface area contributed by atoms with Crippen molar-refractivity contribution in [3.8, 4) is 0 Å². The van der Waals surface area contributed by atoms with E-state index in [-0.39, 0.29) is 5.54 Å². The van der Waals surface area contributed by atoms with Crippen LogP contribution >= 0.6 is 0 Å². The summed E-state index contributed by atoms with van der Waals surface area (Å²) < 4.78 is 0. The second kappa shape index (κ2) is 9.89. The predicted molar refractivity (Wildman–Crippen MR) is 98.6 cm³/mol. The van der Waals surface area contributed by atoms with Crippen LogP contribution in [0.5, 0.6) is 0 Å². The molecule has 132 valence electrons. The lowest BCUT2D eigenvalue weighted by atomic mass is 9.97. The summed E-state index contributed by atoms with van der Waals surface area (Å²) in [6.07, 6.45) is 5.45. The Labute approximate surface area is 140 Å². The van der Waals surface area contributed by atoms with Crippen LogP contribution in [0.15, 0.2) is 0 Å². The van der Waals surface area contributed by atoms with Crippen molar-refractivity contribution in [2.24, 2.45) is 0 Å². The largest absolute Gasteiger partial charge is 0.300 e. The fourth-order valence-corrected chi connectivity index (χ4v) is 4.10. The minimum Gasteiger partial charge on any atom is -0.300 e. The van der Waals surface area contributed by atoms with E-state index in [0.29, 0.717) is 0 Å². The Hall–Kier alpha value is -0.120. The first-order chi connectivity index (χ1) is 10.5. The highest BCUT2D eigenvalue weighted by Gasteiger charge is 2.37. The van der Waals surface area contributed by atoms with Crippen LogP contribution in [0.3, 0.4) is 0 Å². The van der Waals surface area contributed by atoms with Gasteiger partial charge in [0.1, 0.15) is 0 Å². The Morgan fingerprint density at radius 2 is 1.68 bits per heavy atom. The minimum atomic E-state index is 0.287. The lowest BCUT2D eigenvalue weighted by molar-refractivity contribution is 0.0538. The molecule has 1 fully saturated rings. The SMILES string of the molecule is CCCCCC(C)N1CCN(CC)CC(C)(N(CC)CC)C1. The zero-order chi connectivity index (χ0) is 16.6. The summed E-state index contributed by atoms with van der Waals surface area (Å²) in [4.78, 5) is 8.09. The van der Waals surface area contributed by atoms with Crippen LogP contribution in [-0.2, 0) is 0 Å². The molecule has 0 aromatic carbocycles. The highest BCUT2D eigenvalue weighted by atomic mass is 15.3. The van der Waals surface area contributed by atoms with E-state index in [0.717, 1.165) is 19.1 Å². The maximum absolute atomic E-state index is 2.77. The maximum atomic E-state index is 2.77. The summed E-state index contributed by atoms with van der Waals surface area (Å²) in [5, 5.41) is 0. The normalized spacial score (nSPS) is 26.3. The summed E-state index contributed by atoms with van der Waals surface area (Å²) in [6.45, 7) is 22.5. The number of hydrogen-bond acceptors (Lipinski definition) is 3. The van der Waals surface area contributed by atoms with Crippen molar-refractivity contribution in [3.63, 3.8) is 0 Å². The molecular weight excluding hydrogens is 270 g/mol. The number of nitrogens with zero attached hydrogens (tertiary/aromatic N) is 3. The molecular formula is C19H41N3. The summed E-state index contributed by atoms with van der Waals surface area (Å²) >= 11 is 0. The van der Waals surface area contributed by atoms with E-state index in [2.05, 4.69) is 56.2 Å². The van der Waals surface area contributed by atoms with Crippen molar-refractivity contribution >= 4 is 0 Å². The molecule has 2 unspecified atom stereocenters. The first-order valence-electron chi connectivity index (χ1n) is 9.72. The smallest absolute Gasteiger partial charge is 0.0434 e. The van der Waals surface area contributed by atoms with Gasteiger partial charge < -0.3 is 4.90 Å². The number of rotatable bonds is 9. The van der Waals surface area contributed by atoms with E-state index in [9.17, 15) is 0 Å². The molecule has 0 aromatic heterocycles. The summed E-state index contributed by atoms with van der Waals surface area (Å²) in [7, 11) is 0. The quantitative estimate of drug-likeness (QED) is 0.601. The average Bonchev–Trinajstić information content (AvgIpc) is 2.68. The highest BCUT2D eigenvalue weighted by Crippen LogP contribution is 2.24. The van der Waals surface area contributed by atoms with Gasteiger partial charge in [0.25, 0.3) is 0 Å². The van der Waals surface area contributed by atoms with Crippen molar-refractivity contribution < 1.29 is 0 Å². The molecule has 1 aliphatic rings. The Kier molecular flexibility index (Phi) is 8.96. The predicted octanol–water partition coefficient (Wildman–Crippen LogP) is 3.69. The highest BCUT2D eigenvalue weighted by molar-refractivity contribution is 4.95. The first-order valence-corrected chi connectivity index (χ1v) is 9.72. The van der Waals surface area contributed by atoms with E-state index in [1.54, 1.807) is 0 Å². The minimum absolute atomic E-state index is 0.287. The van der Waals surface area contributed by atoms with Gasteiger partial charge in [-0.25, -0.2) is 0 Å². The molecule has 2 atom stereocenters. The Morgan fingerprint density at radius 3 is 2.23 bits per heavy atom. The molecule has 0 spiro atoms. The van der Waals surface area contributed by atoms with Crippen LogP contribution in [-0.4, -0.2) is 72.1 Å². The fraction of sp³-hybridized carbons (Fsp3) is 1.00. The molecule has 1 aliphatic heterocycles. The molecule has 0 aliphatic carbocycles. The molecule has 22 heavy (non-hydrogen) atoms. The van der Waals surface area contributed by atoms with E-state index in [1.165, 1.54) is 58.4 Å². The van der Waals surface area contributed by atoms with Gasteiger partial charge in [0.05, 0.1) is 0 Å². The third kappa shape index (κ3) is 5.50. The van der Waals surface area contributed by atoms with Crippen molar-refractivity contribution in [2.45, 2.75) is 78.8 Å². The molecule has 1 heterocycles. The molecule has 0 radical (unpaired) electrons. The van der Waals surface area contributed by atoms with Crippen LogP contribution in [0.25, 0.3) is 0 Å².